The van der Waals surface area contributed by atoms with Gasteiger partial charge in [0.15, 0.2) is 0 Å². The molecule has 0 aliphatic heterocycles. The Morgan fingerprint density at radius 3 is 0.974 bits per heavy atom. The van der Waals surface area contributed by atoms with Crippen molar-refractivity contribution < 1.29 is 0 Å². The second kappa shape index (κ2) is 10.9. The van der Waals surface area contributed by atoms with Gasteiger partial charge in [-0.25, -0.2) is 0 Å². The Kier molecular flexibility index (Phi) is 6.90. The van der Waals surface area contributed by atoms with Crippen molar-refractivity contribution in [1.29, 1.82) is 0 Å². The maximum absolute atomic E-state index is 6.96. The second-order valence-electron chi connectivity index (χ2n) is 9.37. The van der Waals surface area contributed by atoms with Crippen LogP contribution in [0.25, 0.3) is 44.5 Å². The molecule has 2 nitrogen and oxygen atoms in total. The molecule has 0 saturated heterocycles. The third-order valence-electron chi connectivity index (χ3n) is 6.93. The van der Waals surface area contributed by atoms with Crippen molar-refractivity contribution in [3.8, 4) is 44.5 Å². The molecule has 0 saturated carbocycles. The number of hydrogen-bond acceptors (Lipinski definition) is 3. The molecular formula is C36H28N2S. The fourth-order valence-corrected chi connectivity index (χ4v) is 5.98. The molecule has 6 aromatic carbocycles. The predicted octanol–water partition coefficient (Wildman–Crippen LogP) is 9.67. The van der Waals surface area contributed by atoms with Gasteiger partial charge in [-0.2, -0.15) is 0 Å². The van der Waals surface area contributed by atoms with E-state index >= 15 is 0 Å². The van der Waals surface area contributed by atoms with E-state index in [-0.39, 0.29) is 0 Å². The fourth-order valence-electron chi connectivity index (χ4n) is 5.05. The summed E-state index contributed by atoms with van der Waals surface area (Å²) in [5.41, 5.74) is 24.2. The molecule has 188 valence electrons. The monoisotopic (exact) mass is 520 g/mol. The van der Waals surface area contributed by atoms with Crippen molar-refractivity contribution in [1.82, 2.24) is 0 Å². The van der Waals surface area contributed by atoms with E-state index in [1.165, 1.54) is 0 Å². The molecule has 0 atom stereocenters. The van der Waals surface area contributed by atoms with Gasteiger partial charge in [0.05, 0.1) is 11.4 Å². The van der Waals surface area contributed by atoms with Crippen molar-refractivity contribution in [3.05, 3.63) is 146 Å². The summed E-state index contributed by atoms with van der Waals surface area (Å²) < 4.78 is 0. The van der Waals surface area contributed by atoms with Crippen LogP contribution in [0.4, 0.5) is 11.4 Å². The average Bonchev–Trinajstić information content (AvgIpc) is 3.00. The van der Waals surface area contributed by atoms with Crippen molar-refractivity contribution >= 4 is 23.1 Å². The fraction of sp³-hybridized carbons (Fsp3) is 0. The van der Waals surface area contributed by atoms with Gasteiger partial charge < -0.3 is 11.5 Å². The Bertz CT molecular complexity index is 1590. The van der Waals surface area contributed by atoms with Crippen molar-refractivity contribution in [3.63, 3.8) is 0 Å². The molecule has 0 fully saturated rings. The van der Waals surface area contributed by atoms with E-state index in [2.05, 4.69) is 121 Å². The van der Waals surface area contributed by atoms with E-state index in [4.69, 9.17) is 11.5 Å². The van der Waals surface area contributed by atoms with Gasteiger partial charge in [0.2, 0.25) is 0 Å². The minimum Gasteiger partial charge on any atom is -0.397 e. The Labute approximate surface area is 234 Å². The zero-order chi connectivity index (χ0) is 26.6. The van der Waals surface area contributed by atoms with Crippen LogP contribution in [-0.2, 0) is 0 Å². The first-order valence-electron chi connectivity index (χ1n) is 12.9. The van der Waals surface area contributed by atoms with Gasteiger partial charge in [-0.1, -0.05) is 145 Å². The summed E-state index contributed by atoms with van der Waals surface area (Å²) in [6.07, 6.45) is 0. The number of rotatable bonds is 6. The molecule has 6 rings (SSSR count). The predicted molar refractivity (Wildman–Crippen MR) is 168 cm³/mol. The number of anilines is 2. The second-order valence-corrected chi connectivity index (χ2v) is 10.4. The highest BCUT2D eigenvalue weighted by atomic mass is 32.2. The molecule has 6 aromatic rings. The third kappa shape index (κ3) is 4.93. The van der Waals surface area contributed by atoms with Gasteiger partial charge in [-0.15, -0.1) is 0 Å². The van der Waals surface area contributed by atoms with Gasteiger partial charge in [-0.3, -0.25) is 0 Å². The first-order chi connectivity index (χ1) is 19.2. The van der Waals surface area contributed by atoms with E-state index in [1.807, 2.05) is 24.3 Å². The SMILES string of the molecule is Nc1c(Sc2ccc(-c3ccccc3)c(-c3ccccc3)c2N)ccc(-c2ccccc2)c1-c1ccccc1. The minimum atomic E-state index is 0.750. The van der Waals surface area contributed by atoms with E-state index < -0.39 is 0 Å². The Morgan fingerprint density at radius 2 is 0.641 bits per heavy atom. The summed E-state index contributed by atoms with van der Waals surface area (Å²) in [5, 5.41) is 0. The van der Waals surface area contributed by atoms with Crippen LogP contribution in [0.2, 0.25) is 0 Å². The summed E-state index contributed by atoms with van der Waals surface area (Å²) in [6, 6.07) is 50.1. The average molecular weight is 521 g/mol. The summed E-state index contributed by atoms with van der Waals surface area (Å²) in [6.45, 7) is 0. The maximum atomic E-state index is 6.96. The van der Waals surface area contributed by atoms with Crippen LogP contribution < -0.4 is 11.5 Å². The van der Waals surface area contributed by atoms with E-state index in [1.54, 1.807) is 11.8 Å². The third-order valence-corrected chi connectivity index (χ3v) is 8.08. The Hall–Kier alpha value is -4.73. The standard InChI is InChI=1S/C36H28N2S/c37-35-31(23-21-29(25-13-5-1-6-14-25)33(35)27-17-9-3-10-18-27)39-32-24-22-30(26-15-7-2-8-16-26)34(36(32)38)28-19-11-4-12-20-28/h1-24H,37-38H2. The normalized spacial score (nSPS) is 10.9. The molecule has 0 radical (unpaired) electrons. The number of hydrogen-bond donors (Lipinski definition) is 2. The van der Waals surface area contributed by atoms with Gasteiger partial charge in [0, 0.05) is 20.9 Å². The minimum absolute atomic E-state index is 0.750. The molecule has 0 heterocycles. The van der Waals surface area contributed by atoms with Gasteiger partial charge in [-0.05, 0) is 45.5 Å². The highest BCUT2D eigenvalue weighted by Crippen LogP contribution is 2.47. The first kappa shape index (κ1) is 24.6. The summed E-state index contributed by atoms with van der Waals surface area (Å²) in [4.78, 5) is 1.96. The van der Waals surface area contributed by atoms with E-state index in [0.29, 0.717) is 0 Å². The molecule has 0 amide bonds. The lowest BCUT2D eigenvalue weighted by Gasteiger charge is -2.19. The Morgan fingerprint density at radius 1 is 0.333 bits per heavy atom. The molecule has 3 heteroatoms. The van der Waals surface area contributed by atoms with E-state index in [0.717, 1.165) is 65.7 Å². The molecule has 0 aliphatic carbocycles. The number of benzene rings is 6. The van der Waals surface area contributed by atoms with Crippen LogP contribution in [0.15, 0.2) is 155 Å². The molecule has 0 bridgehead atoms. The van der Waals surface area contributed by atoms with Crippen LogP contribution in [0.1, 0.15) is 0 Å². The number of nitrogens with two attached hydrogens (primary N) is 2. The smallest absolute Gasteiger partial charge is 0.0541 e. The van der Waals surface area contributed by atoms with Crippen molar-refractivity contribution in [2.24, 2.45) is 0 Å². The summed E-state index contributed by atoms with van der Waals surface area (Å²) in [7, 11) is 0. The largest absolute Gasteiger partial charge is 0.397 e. The van der Waals surface area contributed by atoms with Crippen LogP contribution in [0.5, 0.6) is 0 Å². The van der Waals surface area contributed by atoms with Crippen LogP contribution in [-0.4, -0.2) is 0 Å². The topological polar surface area (TPSA) is 52.0 Å². The molecule has 0 aliphatic rings. The Balaban J connectivity index is 1.49. The molecule has 0 aromatic heterocycles. The molecule has 39 heavy (non-hydrogen) atoms. The van der Waals surface area contributed by atoms with E-state index in [9.17, 15) is 0 Å². The van der Waals surface area contributed by atoms with Gasteiger partial charge in [0.1, 0.15) is 0 Å². The van der Waals surface area contributed by atoms with Crippen molar-refractivity contribution in [2.75, 3.05) is 11.5 Å². The van der Waals surface area contributed by atoms with Crippen LogP contribution in [0.3, 0.4) is 0 Å². The first-order valence-corrected chi connectivity index (χ1v) is 13.8. The van der Waals surface area contributed by atoms with Crippen LogP contribution >= 0.6 is 11.8 Å². The zero-order valence-corrected chi connectivity index (χ0v) is 22.2. The zero-order valence-electron chi connectivity index (χ0n) is 21.4. The summed E-state index contributed by atoms with van der Waals surface area (Å²) in [5.74, 6) is 0. The summed E-state index contributed by atoms with van der Waals surface area (Å²) >= 11 is 1.62. The molecule has 0 spiro atoms. The van der Waals surface area contributed by atoms with Crippen molar-refractivity contribution in [2.45, 2.75) is 9.79 Å². The van der Waals surface area contributed by atoms with Gasteiger partial charge >= 0.3 is 0 Å². The maximum Gasteiger partial charge on any atom is 0.0541 e. The van der Waals surface area contributed by atoms with Gasteiger partial charge in [0.25, 0.3) is 0 Å². The molecular weight excluding hydrogens is 492 g/mol. The molecule has 4 N–H and O–H groups in total. The lowest BCUT2D eigenvalue weighted by molar-refractivity contribution is 1.40. The van der Waals surface area contributed by atoms with Crippen LogP contribution in [0, 0.1) is 0 Å². The number of nitrogen functional groups attached to an aromatic ring is 2. The lowest BCUT2D eigenvalue weighted by atomic mass is 9.93. The molecule has 0 unspecified atom stereocenters. The lowest BCUT2D eigenvalue weighted by Crippen LogP contribution is -1.99. The quantitative estimate of drug-likeness (QED) is 0.215. The highest BCUT2D eigenvalue weighted by Gasteiger charge is 2.19. The highest BCUT2D eigenvalue weighted by molar-refractivity contribution is 7.99.